The molecule has 5 heteroatoms. The lowest BCUT2D eigenvalue weighted by Crippen LogP contribution is -2.16. The Morgan fingerprint density at radius 2 is 1.81 bits per heavy atom. The topological polar surface area (TPSA) is 65.8 Å². The first-order valence-electron chi connectivity index (χ1n) is 8.70. The molecule has 1 amide bonds. The van der Waals surface area contributed by atoms with Gasteiger partial charge in [-0.05, 0) is 56.0 Å². The van der Waals surface area contributed by atoms with Gasteiger partial charge < -0.3 is 5.32 Å². The smallest absolute Gasteiger partial charge is 0.234 e. The van der Waals surface area contributed by atoms with Gasteiger partial charge in [-0.15, -0.1) is 0 Å². The molecule has 0 saturated heterocycles. The van der Waals surface area contributed by atoms with E-state index in [9.17, 15) is 10.1 Å². The lowest BCUT2D eigenvalue weighted by atomic mass is 10.0. The monoisotopic (exact) mass is 375 g/mol. The van der Waals surface area contributed by atoms with E-state index in [1.807, 2.05) is 64.1 Å². The van der Waals surface area contributed by atoms with E-state index in [1.165, 1.54) is 11.8 Å². The van der Waals surface area contributed by atoms with Crippen molar-refractivity contribution in [3.63, 3.8) is 0 Å². The predicted molar refractivity (Wildman–Crippen MR) is 111 cm³/mol. The van der Waals surface area contributed by atoms with Gasteiger partial charge in [0.25, 0.3) is 0 Å². The average molecular weight is 375 g/mol. The summed E-state index contributed by atoms with van der Waals surface area (Å²) in [6.45, 7) is 8.01. The number of aromatic nitrogens is 1. The molecule has 0 aliphatic rings. The number of anilines is 1. The van der Waals surface area contributed by atoms with Gasteiger partial charge in [0, 0.05) is 11.1 Å². The van der Waals surface area contributed by atoms with Crippen LogP contribution in [0, 0.1) is 39.0 Å². The molecule has 1 N–H and O–H groups in total. The zero-order valence-electron chi connectivity index (χ0n) is 15.9. The summed E-state index contributed by atoms with van der Waals surface area (Å²) in [4.78, 5) is 17.1. The maximum atomic E-state index is 12.4. The molecule has 1 aromatic heterocycles. The molecule has 136 valence electrons. The summed E-state index contributed by atoms with van der Waals surface area (Å²) >= 11 is 1.29. The number of hydrogen-bond donors (Lipinski definition) is 1. The average Bonchev–Trinajstić information content (AvgIpc) is 2.65. The molecule has 0 atom stereocenters. The van der Waals surface area contributed by atoms with Crippen LogP contribution in [0.4, 0.5) is 5.69 Å². The van der Waals surface area contributed by atoms with Crippen LogP contribution in [0.25, 0.3) is 10.9 Å². The van der Waals surface area contributed by atoms with Crippen molar-refractivity contribution in [2.45, 2.75) is 32.7 Å². The molecule has 4 nitrogen and oxygen atoms in total. The number of carbonyl (C=O) groups excluding carboxylic acids is 1. The lowest BCUT2D eigenvalue weighted by Gasteiger charge is -2.12. The highest BCUT2D eigenvalue weighted by molar-refractivity contribution is 8.00. The van der Waals surface area contributed by atoms with E-state index < -0.39 is 0 Å². The van der Waals surface area contributed by atoms with Gasteiger partial charge >= 0.3 is 0 Å². The van der Waals surface area contributed by atoms with Crippen LogP contribution in [0.5, 0.6) is 0 Å². The van der Waals surface area contributed by atoms with Crippen molar-refractivity contribution in [3.8, 4) is 6.07 Å². The molecule has 0 fully saturated rings. The van der Waals surface area contributed by atoms with Crippen molar-refractivity contribution in [2.24, 2.45) is 0 Å². The van der Waals surface area contributed by atoms with Gasteiger partial charge in [-0.2, -0.15) is 5.26 Å². The molecule has 0 saturated carbocycles. The number of aryl methyl sites for hydroxylation is 4. The van der Waals surface area contributed by atoms with Gasteiger partial charge in [-0.1, -0.05) is 42.1 Å². The molecule has 0 aliphatic heterocycles. The maximum absolute atomic E-state index is 12.4. The molecule has 3 aromatic rings. The van der Waals surface area contributed by atoms with E-state index in [4.69, 9.17) is 0 Å². The number of pyridine rings is 1. The molecule has 0 spiro atoms. The first kappa shape index (κ1) is 18.9. The van der Waals surface area contributed by atoms with Gasteiger partial charge in [0.2, 0.25) is 5.91 Å². The molecule has 0 unspecified atom stereocenters. The Hall–Kier alpha value is -2.84. The number of nitrogens with zero attached hydrogens (tertiary/aromatic N) is 2. The number of hydrogen-bond acceptors (Lipinski definition) is 4. The first-order chi connectivity index (χ1) is 12.9. The molecule has 2 aromatic carbocycles. The van der Waals surface area contributed by atoms with Crippen LogP contribution in [-0.4, -0.2) is 16.6 Å². The van der Waals surface area contributed by atoms with Crippen molar-refractivity contribution < 1.29 is 4.79 Å². The van der Waals surface area contributed by atoms with Crippen molar-refractivity contribution in [1.29, 1.82) is 5.26 Å². The molecule has 3 rings (SSSR count). The summed E-state index contributed by atoms with van der Waals surface area (Å²) < 4.78 is 0. The second-order valence-corrected chi connectivity index (χ2v) is 7.60. The highest BCUT2D eigenvalue weighted by atomic mass is 32.2. The van der Waals surface area contributed by atoms with Crippen molar-refractivity contribution >= 4 is 34.3 Å². The van der Waals surface area contributed by atoms with E-state index in [-0.39, 0.29) is 11.7 Å². The fourth-order valence-electron chi connectivity index (χ4n) is 2.98. The molecule has 0 radical (unpaired) electrons. The fraction of sp³-hybridized carbons (Fsp3) is 0.227. The Morgan fingerprint density at radius 1 is 1.11 bits per heavy atom. The summed E-state index contributed by atoms with van der Waals surface area (Å²) in [6, 6.07) is 14.0. The van der Waals surface area contributed by atoms with E-state index in [2.05, 4.69) is 16.4 Å². The SMILES string of the molecule is Cc1cccc(C)c1NC(=O)CSc1nc2c(C)c(C)ccc2cc1C#N. The van der Waals surface area contributed by atoms with Crippen molar-refractivity contribution in [3.05, 3.63) is 64.2 Å². The van der Waals surface area contributed by atoms with Gasteiger partial charge in [-0.3, -0.25) is 4.79 Å². The van der Waals surface area contributed by atoms with Crippen LogP contribution < -0.4 is 5.32 Å². The fourth-order valence-corrected chi connectivity index (χ4v) is 3.73. The standard InChI is InChI=1S/C22H21N3OS/c1-13-8-9-17-10-18(11-23)22(25-21(17)16(13)4)27-12-19(26)24-20-14(2)6-5-7-15(20)3/h5-10H,12H2,1-4H3,(H,24,26). The van der Waals surface area contributed by atoms with Crippen LogP contribution in [0.15, 0.2) is 41.4 Å². The highest BCUT2D eigenvalue weighted by Crippen LogP contribution is 2.28. The zero-order valence-corrected chi connectivity index (χ0v) is 16.7. The largest absolute Gasteiger partial charge is 0.325 e. The Kier molecular flexibility index (Phi) is 5.48. The van der Waals surface area contributed by atoms with E-state index in [0.717, 1.165) is 38.8 Å². The van der Waals surface area contributed by atoms with Crippen LogP contribution >= 0.6 is 11.8 Å². The molecule has 0 aliphatic carbocycles. The number of benzene rings is 2. The first-order valence-corrected chi connectivity index (χ1v) is 9.69. The maximum Gasteiger partial charge on any atom is 0.234 e. The second kappa shape index (κ2) is 7.81. The Morgan fingerprint density at radius 3 is 2.48 bits per heavy atom. The number of rotatable bonds is 4. The molecule has 1 heterocycles. The third-order valence-electron chi connectivity index (χ3n) is 4.68. The minimum Gasteiger partial charge on any atom is -0.325 e. The minimum absolute atomic E-state index is 0.107. The normalized spacial score (nSPS) is 10.6. The Bertz CT molecular complexity index is 1060. The Balaban J connectivity index is 1.83. The summed E-state index contributed by atoms with van der Waals surface area (Å²) in [5.74, 6) is 0.0930. The summed E-state index contributed by atoms with van der Waals surface area (Å²) in [6.07, 6.45) is 0. The molecule has 0 bridgehead atoms. The number of nitriles is 1. The van der Waals surface area contributed by atoms with Gasteiger partial charge in [0.05, 0.1) is 16.8 Å². The summed E-state index contributed by atoms with van der Waals surface area (Å²) in [5, 5.41) is 14.0. The minimum atomic E-state index is -0.107. The third kappa shape index (κ3) is 3.96. The second-order valence-electron chi connectivity index (χ2n) is 6.64. The van der Waals surface area contributed by atoms with Gasteiger partial charge in [0.1, 0.15) is 11.1 Å². The number of amides is 1. The lowest BCUT2D eigenvalue weighted by molar-refractivity contribution is -0.113. The highest BCUT2D eigenvalue weighted by Gasteiger charge is 2.13. The van der Waals surface area contributed by atoms with Crippen molar-refractivity contribution in [1.82, 2.24) is 4.98 Å². The summed E-state index contributed by atoms with van der Waals surface area (Å²) in [7, 11) is 0. The van der Waals surface area contributed by atoms with Gasteiger partial charge in [0.15, 0.2) is 0 Å². The van der Waals surface area contributed by atoms with E-state index in [0.29, 0.717) is 10.6 Å². The van der Waals surface area contributed by atoms with E-state index in [1.54, 1.807) is 0 Å². The van der Waals surface area contributed by atoms with E-state index >= 15 is 0 Å². The van der Waals surface area contributed by atoms with Crippen molar-refractivity contribution in [2.75, 3.05) is 11.1 Å². The van der Waals surface area contributed by atoms with Crippen LogP contribution in [0.1, 0.15) is 27.8 Å². The van der Waals surface area contributed by atoms with Gasteiger partial charge in [-0.25, -0.2) is 4.98 Å². The molecule has 27 heavy (non-hydrogen) atoms. The van der Waals surface area contributed by atoms with Crippen LogP contribution in [-0.2, 0) is 4.79 Å². The Labute approximate surface area is 163 Å². The quantitative estimate of drug-likeness (QED) is 0.647. The molecular formula is C22H21N3OS. The van der Waals surface area contributed by atoms with Crippen LogP contribution in [0.3, 0.4) is 0 Å². The molecular weight excluding hydrogens is 354 g/mol. The number of thioether (sulfide) groups is 1. The van der Waals surface area contributed by atoms with Crippen LogP contribution in [0.2, 0.25) is 0 Å². The number of nitrogens with one attached hydrogen (secondary N) is 1. The number of para-hydroxylation sites is 1. The predicted octanol–water partition coefficient (Wildman–Crippen LogP) is 5.07. The number of fused-ring (bicyclic) bond motifs is 1. The zero-order chi connectivity index (χ0) is 19.6. The third-order valence-corrected chi connectivity index (χ3v) is 5.67. The summed E-state index contributed by atoms with van der Waals surface area (Å²) in [5.41, 5.74) is 6.54. The number of carbonyl (C=O) groups is 1.